The maximum absolute atomic E-state index is 12.9. The number of aliphatic imine (C=N–C) groups is 1. The molecule has 0 fully saturated rings. The number of hydrogen-bond acceptors (Lipinski definition) is 5. The molecule has 2 aliphatic heterocycles. The summed E-state index contributed by atoms with van der Waals surface area (Å²) >= 11 is 1.27. The second-order valence-electron chi connectivity index (χ2n) is 8.73. The molecule has 0 radical (unpaired) electrons. The highest BCUT2D eigenvalue weighted by Gasteiger charge is 2.36. The Morgan fingerprint density at radius 3 is 2.63 bits per heavy atom. The molecule has 176 valence electrons. The number of carbonyl (C=O) groups excluding carboxylic acids is 1. The van der Waals surface area contributed by atoms with Crippen LogP contribution < -0.4 is 0 Å². The Labute approximate surface area is 208 Å². The molecular formula is C27H26N6OS. The average molecular weight is 483 g/mol. The fourth-order valence-corrected chi connectivity index (χ4v) is 5.15. The lowest BCUT2D eigenvalue weighted by atomic mass is 9.98. The maximum Gasteiger partial charge on any atom is 0.283 e. The number of fused-ring (bicyclic) bond motifs is 1. The highest BCUT2D eigenvalue weighted by Crippen LogP contribution is 2.32. The van der Waals surface area contributed by atoms with Gasteiger partial charge in [0.2, 0.25) is 5.17 Å². The van der Waals surface area contributed by atoms with Crippen LogP contribution in [0.4, 0.5) is 0 Å². The third kappa shape index (κ3) is 4.14. The van der Waals surface area contributed by atoms with Gasteiger partial charge in [-0.25, -0.2) is 0 Å². The SMILES string of the molecule is CCC(C)c1ccc(-n2c(C)cc(/C=C3/C(=N)N4N=C(c5cccnc5)SC4=NC3=O)c2C)cc1. The van der Waals surface area contributed by atoms with Crippen LogP contribution in [0, 0.1) is 19.3 Å². The number of rotatable bonds is 5. The molecule has 35 heavy (non-hydrogen) atoms. The van der Waals surface area contributed by atoms with Crippen LogP contribution >= 0.6 is 11.8 Å². The molecule has 0 saturated carbocycles. The van der Waals surface area contributed by atoms with E-state index in [1.807, 2.05) is 32.0 Å². The van der Waals surface area contributed by atoms with E-state index in [4.69, 9.17) is 5.41 Å². The van der Waals surface area contributed by atoms with Crippen molar-refractivity contribution in [2.45, 2.75) is 40.0 Å². The minimum absolute atomic E-state index is 0.0223. The summed E-state index contributed by atoms with van der Waals surface area (Å²) in [5.41, 5.74) is 6.37. The van der Waals surface area contributed by atoms with Gasteiger partial charge in [-0.05, 0) is 85.5 Å². The lowest BCUT2D eigenvalue weighted by molar-refractivity contribution is -0.114. The van der Waals surface area contributed by atoms with E-state index in [1.165, 1.54) is 22.3 Å². The van der Waals surface area contributed by atoms with E-state index in [0.717, 1.165) is 34.6 Å². The van der Waals surface area contributed by atoms with Gasteiger partial charge in [-0.1, -0.05) is 26.0 Å². The van der Waals surface area contributed by atoms with Gasteiger partial charge in [-0.3, -0.25) is 15.2 Å². The van der Waals surface area contributed by atoms with Gasteiger partial charge in [0.1, 0.15) is 5.04 Å². The summed E-state index contributed by atoms with van der Waals surface area (Å²) in [4.78, 5) is 21.2. The van der Waals surface area contributed by atoms with E-state index in [0.29, 0.717) is 16.1 Å². The van der Waals surface area contributed by atoms with Gasteiger partial charge in [-0.15, -0.1) is 0 Å². The zero-order chi connectivity index (χ0) is 24.7. The molecule has 2 aromatic heterocycles. The Morgan fingerprint density at radius 1 is 1.17 bits per heavy atom. The molecule has 0 spiro atoms. The molecule has 1 unspecified atom stereocenters. The monoisotopic (exact) mass is 482 g/mol. The number of aromatic nitrogens is 2. The quantitative estimate of drug-likeness (QED) is 0.475. The molecule has 4 heterocycles. The predicted octanol–water partition coefficient (Wildman–Crippen LogP) is 5.67. The van der Waals surface area contributed by atoms with E-state index in [-0.39, 0.29) is 11.4 Å². The number of hydrogen-bond donors (Lipinski definition) is 1. The summed E-state index contributed by atoms with van der Waals surface area (Å²) < 4.78 is 2.17. The number of amides is 1. The summed E-state index contributed by atoms with van der Waals surface area (Å²) in [5, 5.41) is 15.7. The van der Waals surface area contributed by atoms with Crippen molar-refractivity contribution < 1.29 is 4.79 Å². The molecule has 1 atom stereocenters. The number of pyridine rings is 1. The highest BCUT2D eigenvalue weighted by molar-refractivity contribution is 8.27. The first-order valence-electron chi connectivity index (χ1n) is 11.6. The molecule has 0 bridgehead atoms. The van der Waals surface area contributed by atoms with Crippen LogP contribution in [0.1, 0.15) is 54.3 Å². The zero-order valence-electron chi connectivity index (χ0n) is 20.1. The molecule has 0 saturated heterocycles. The number of aryl methyl sites for hydroxylation is 1. The fourth-order valence-electron chi connectivity index (χ4n) is 4.27. The topological polar surface area (TPSA) is 86.7 Å². The molecule has 3 aromatic rings. The van der Waals surface area contributed by atoms with Gasteiger partial charge in [0.25, 0.3) is 5.91 Å². The second kappa shape index (κ2) is 9.11. The standard InChI is InChI=1S/C27H26N6OS/c1-5-16(2)19-8-10-22(11-9-19)32-17(3)13-21(18(32)4)14-23-24(28)33-27(30-25(23)34)35-26(31-33)20-7-6-12-29-15-20/h6-16,28H,5H2,1-4H3/b23-14-,28-24?. The van der Waals surface area contributed by atoms with Gasteiger partial charge in [0.15, 0.2) is 5.84 Å². The van der Waals surface area contributed by atoms with E-state index in [1.54, 1.807) is 18.5 Å². The van der Waals surface area contributed by atoms with E-state index in [2.05, 4.69) is 57.8 Å². The summed E-state index contributed by atoms with van der Waals surface area (Å²) in [7, 11) is 0. The molecule has 1 aromatic carbocycles. The number of carbonyl (C=O) groups is 1. The predicted molar refractivity (Wildman–Crippen MR) is 142 cm³/mol. The maximum atomic E-state index is 12.9. The molecular weight excluding hydrogens is 456 g/mol. The van der Waals surface area contributed by atoms with Crippen molar-refractivity contribution in [1.29, 1.82) is 5.41 Å². The van der Waals surface area contributed by atoms with Crippen molar-refractivity contribution in [3.8, 4) is 5.69 Å². The Balaban J connectivity index is 1.47. The Hall–Kier alpha value is -3.78. The van der Waals surface area contributed by atoms with E-state index >= 15 is 0 Å². The van der Waals surface area contributed by atoms with Crippen LogP contribution in [-0.2, 0) is 4.79 Å². The van der Waals surface area contributed by atoms with E-state index in [9.17, 15) is 4.79 Å². The molecule has 7 nitrogen and oxygen atoms in total. The Bertz CT molecular complexity index is 1420. The smallest absolute Gasteiger partial charge is 0.283 e. The molecule has 5 rings (SSSR count). The highest BCUT2D eigenvalue weighted by atomic mass is 32.2. The number of amidine groups is 2. The zero-order valence-corrected chi connectivity index (χ0v) is 20.9. The van der Waals surface area contributed by atoms with Gasteiger partial charge in [-0.2, -0.15) is 15.1 Å². The fraction of sp³-hybridized carbons (Fsp3) is 0.222. The summed E-state index contributed by atoms with van der Waals surface area (Å²) in [6.45, 7) is 8.50. The van der Waals surface area contributed by atoms with E-state index < -0.39 is 5.91 Å². The lowest BCUT2D eigenvalue weighted by Gasteiger charge is -2.20. The number of nitrogens with zero attached hydrogens (tertiary/aromatic N) is 5. The van der Waals surface area contributed by atoms with Crippen LogP contribution in [0.3, 0.4) is 0 Å². The average Bonchev–Trinajstić information content (AvgIpc) is 3.42. The minimum Gasteiger partial charge on any atom is -0.318 e. The number of nitrogens with one attached hydrogen (secondary N) is 1. The summed E-state index contributed by atoms with van der Waals surface area (Å²) in [6.07, 6.45) is 6.25. The third-order valence-corrected chi connectivity index (χ3v) is 7.42. The van der Waals surface area contributed by atoms with Crippen LogP contribution in [0.15, 0.2) is 70.5 Å². The first kappa shape index (κ1) is 23.0. The molecule has 1 amide bonds. The molecule has 0 aliphatic carbocycles. The van der Waals surface area contributed by atoms with Gasteiger partial charge in [0, 0.05) is 35.0 Å². The van der Waals surface area contributed by atoms with Crippen molar-refractivity contribution >= 4 is 39.8 Å². The number of hydrazone groups is 1. The Kier molecular flexibility index (Phi) is 5.98. The van der Waals surface area contributed by atoms with Gasteiger partial charge >= 0.3 is 0 Å². The Morgan fingerprint density at radius 2 is 1.94 bits per heavy atom. The van der Waals surface area contributed by atoms with Crippen LogP contribution in [0.25, 0.3) is 11.8 Å². The lowest BCUT2D eigenvalue weighted by Crippen LogP contribution is -2.35. The number of benzene rings is 1. The van der Waals surface area contributed by atoms with Crippen LogP contribution in [0.5, 0.6) is 0 Å². The molecule has 2 aliphatic rings. The largest absolute Gasteiger partial charge is 0.318 e. The summed E-state index contributed by atoms with van der Waals surface area (Å²) in [5.74, 6) is 0.114. The van der Waals surface area contributed by atoms with Crippen molar-refractivity contribution in [3.05, 3.63) is 88.5 Å². The molecule has 1 N–H and O–H groups in total. The van der Waals surface area contributed by atoms with Crippen molar-refractivity contribution in [2.24, 2.45) is 10.1 Å². The van der Waals surface area contributed by atoms with Crippen molar-refractivity contribution in [1.82, 2.24) is 14.6 Å². The summed E-state index contributed by atoms with van der Waals surface area (Å²) in [6, 6.07) is 14.4. The van der Waals surface area contributed by atoms with Gasteiger partial charge in [0.05, 0.1) is 5.57 Å². The second-order valence-corrected chi connectivity index (χ2v) is 9.69. The normalized spacial score (nSPS) is 17.5. The number of thioether (sulfide) groups is 1. The van der Waals surface area contributed by atoms with Crippen molar-refractivity contribution in [2.75, 3.05) is 0 Å². The molecule has 8 heteroatoms. The van der Waals surface area contributed by atoms with Crippen LogP contribution in [-0.4, -0.2) is 36.5 Å². The first-order valence-corrected chi connectivity index (χ1v) is 12.4. The third-order valence-electron chi connectivity index (χ3n) is 6.47. The van der Waals surface area contributed by atoms with Crippen LogP contribution in [0.2, 0.25) is 0 Å². The first-order chi connectivity index (χ1) is 16.9. The van der Waals surface area contributed by atoms with Gasteiger partial charge < -0.3 is 4.57 Å². The minimum atomic E-state index is -0.431. The van der Waals surface area contributed by atoms with Crippen molar-refractivity contribution in [3.63, 3.8) is 0 Å².